The van der Waals surface area contributed by atoms with Crippen LogP contribution in [0.4, 0.5) is 10.2 Å². The Morgan fingerprint density at radius 1 is 1.14 bits per heavy atom. The van der Waals surface area contributed by atoms with Gasteiger partial charge in [0.25, 0.3) is 0 Å². The van der Waals surface area contributed by atoms with Gasteiger partial charge in [-0.1, -0.05) is 30.3 Å². The number of nitrogens with zero attached hydrogens (tertiary/aromatic N) is 2. The summed E-state index contributed by atoms with van der Waals surface area (Å²) < 4.78 is 15.6. The summed E-state index contributed by atoms with van der Waals surface area (Å²) in [7, 11) is 1.79. The van der Waals surface area contributed by atoms with Crippen LogP contribution in [0.3, 0.4) is 0 Å². The molecule has 0 aliphatic carbocycles. The zero-order valence-corrected chi connectivity index (χ0v) is 12.9. The number of halogens is 2. The van der Waals surface area contributed by atoms with Gasteiger partial charge in [0.2, 0.25) is 0 Å². The van der Waals surface area contributed by atoms with E-state index in [1.54, 1.807) is 17.8 Å². The van der Waals surface area contributed by atoms with Crippen LogP contribution >= 0.6 is 15.9 Å². The fourth-order valence-electron chi connectivity index (χ4n) is 2.30. The highest BCUT2D eigenvalue weighted by molar-refractivity contribution is 9.10. The van der Waals surface area contributed by atoms with Crippen molar-refractivity contribution in [2.75, 3.05) is 5.73 Å². The van der Waals surface area contributed by atoms with E-state index in [1.807, 2.05) is 30.3 Å². The van der Waals surface area contributed by atoms with Crippen molar-refractivity contribution in [1.82, 2.24) is 9.78 Å². The number of hydrogen-bond donors (Lipinski definition) is 1. The van der Waals surface area contributed by atoms with E-state index in [0.29, 0.717) is 10.3 Å². The van der Waals surface area contributed by atoms with Crippen molar-refractivity contribution in [2.45, 2.75) is 0 Å². The molecule has 106 valence electrons. The molecule has 5 heteroatoms. The van der Waals surface area contributed by atoms with Crippen molar-refractivity contribution < 1.29 is 4.39 Å². The lowest BCUT2D eigenvalue weighted by atomic mass is 10.0. The molecule has 0 unspecified atom stereocenters. The minimum atomic E-state index is -0.296. The third-order valence-corrected chi connectivity index (χ3v) is 4.00. The van der Waals surface area contributed by atoms with E-state index in [0.717, 1.165) is 22.4 Å². The van der Waals surface area contributed by atoms with Gasteiger partial charge in [-0.2, -0.15) is 5.10 Å². The quantitative estimate of drug-likeness (QED) is 0.754. The monoisotopic (exact) mass is 345 g/mol. The maximum absolute atomic E-state index is 13.3. The molecule has 2 N–H and O–H groups in total. The van der Waals surface area contributed by atoms with Crippen molar-refractivity contribution in [3.05, 3.63) is 58.8 Å². The smallest absolute Gasteiger partial charge is 0.129 e. The van der Waals surface area contributed by atoms with E-state index in [1.165, 1.54) is 12.1 Å². The largest absolute Gasteiger partial charge is 0.383 e. The minimum absolute atomic E-state index is 0.296. The summed E-state index contributed by atoms with van der Waals surface area (Å²) in [5, 5.41) is 4.49. The Morgan fingerprint density at radius 3 is 2.52 bits per heavy atom. The maximum atomic E-state index is 13.3. The average molecular weight is 346 g/mol. The summed E-state index contributed by atoms with van der Waals surface area (Å²) in [5.74, 6) is 0.281. The van der Waals surface area contributed by atoms with E-state index in [-0.39, 0.29) is 5.82 Å². The highest BCUT2D eigenvalue weighted by atomic mass is 79.9. The standard InChI is InChI=1S/C16H13BrFN3/c1-21-16(19)14(10-5-3-2-4-6-10)15(20-21)12-8-7-11(18)9-13(12)17/h2-9H,19H2,1H3. The number of rotatable bonds is 2. The van der Waals surface area contributed by atoms with Gasteiger partial charge in [0.15, 0.2) is 0 Å². The van der Waals surface area contributed by atoms with Crippen LogP contribution in [0.1, 0.15) is 0 Å². The lowest BCUT2D eigenvalue weighted by molar-refractivity contribution is 0.627. The number of aromatic nitrogens is 2. The molecule has 0 saturated heterocycles. The van der Waals surface area contributed by atoms with Crippen LogP contribution in [0, 0.1) is 5.82 Å². The van der Waals surface area contributed by atoms with Gasteiger partial charge in [-0.05, 0) is 39.7 Å². The first-order valence-electron chi connectivity index (χ1n) is 6.41. The molecule has 3 nitrogen and oxygen atoms in total. The Hall–Kier alpha value is -2.14. The summed E-state index contributed by atoms with van der Waals surface area (Å²) in [6.45, 7) is 0. The zero-order valence-electron chi connectivity index (χ0n) is 11.3. The molecular formula is C16H13BrFN3. The molecule has 0 atom stereocenters. The van der Waals surface area contributed by atoms with Crippen LogP contribution in [0.15, 0.2) is 53.0 Å². The second-order valence-electron chi connectivity index (χ2n) is 4.72. The predicted octanol–water partition coefficient (Wildman–Crippen LogP) is 4.24. The van der Waals surface area contributed by atoms with E-state index < -0.39 is 0 Å². The highest BCUT2D eigenvalue weighted by Crippen LogP contribution is 2.38. The Labute approximate surface area is 130 Å². The topological polar surface area (TPSA) is 43.8 Å². The lowest BCUT2D eigenvalue weighted by Crippen LogP contribution is -1.97. The SMILES string of the molecule is Cn1nc(-c2ccc(F)cc2Br)c(-c2ccccc2)c1N. The normalized spacial score (nSPS) is 10.8. The first-order valence-corrected chi connectivity index (χ1v) is 7.20. The van der Waals surface area contributed by atoms with Gasteiger partial charge in [0, 0.05) is 17.1 Å². The maximum Gasteiger partial charge on any atom is 0.129 e. The predicted molar refractivity (Wildman–Crippen MR) is 86.2 cm³/mol. The molecule has 0 amide bonds. The van der Waals surface area contributed by atoms with E-state index >= 15 is 0 Å². The summed E-state index contributed by atoms with van der Waals surface area (Å²) in [6, 6.07) is 14.4. The molecule has 0 bridgehead atoms. The number of hydrogen-bond acceptors (Lipinski definition) is 2. The molecule has 3 aromatic rings. The number of nitrogen functional groups attached to an aromatic ring is 1. The molecule has 0 saturated carbocycles. The third kappa shape index (κ3) is 2.45. The first-order chi connectivity index (χ1) is 10.1. The van der Waals surface area contributed by atoms with Crippen LogP contribution in [0.25, 0.3) is 22.4 Å². The number of aryl methyl sites for hydroxylation is 1. The van der Waals surface area contributed by atoms with Gasteiger partial charge in [-0.15, -0.1) is 0 Å². The third-order valence-electron chi connectivity index (χ3n) is 3.34. The van der Waals surface area contributed by atoms with Crippen LogP contribution in [-0.2, 0) is 7.05 Å². The lowest BCUT2D eigenvalue weighted by Gasteiger charge is -2.06. The van der Waals surface area contributed by atoms with E-state index in [4.69, 9.17) is 5.73 Å². The van der Waals surface area contributed by atoms with Gasteiger partial charge in [-0.25, -0.2) is 4.39 Å². The zero-order chi connectivity index (χ0) is 15.0. The van der Waals surface area contributed by atoms with Crippen LogP contribution in [0.2, 0.25) is 0 Å². The Morgan fingerprint density at radius 2 is 1.86 bits per heavy atom. The first kappa shape index (κ1) is 13.8. The van der Waals surface area contributed by atoms with Crippen LogP contribution < -0.4 is 5.73 Å². The minimum Gasteiger partial charge on any atom is -0.383 e. The van der Waals surface area contributed by atoms with Gasteiger partial charge in [0.1, 0.15) is 17.3 Å². The molecule has 0 aliphatic rings. The number of anilines is 1. The van der Waals surface area contributed by atoms with Crippen molar-refractivity contribution in [3.8, 4) is 22.4 Å². The second-order valence-corrected chi connectivity index (χ2v) is 5.58. The number of benzene rings is 2. The molecular weight excluding hydrogens is 333 g/mol. The van der Waals surface area contributed by atoms with Crippen molar-refractivity contribution in [3.63, 3.8) is 0 Å². The van der Waals surface area contributed by atoms with Gasteiger partial charge < -0.3 is 5.73 Å². The Kier molecular flexibility index (Phi) is 3.51. The summed E-state index contributed by atoms with van der Waals surface area (Å²) in [6.07, 6.45) is 0. The van der Waals surface area contributed by atoms with E-state index in [9.17, 15) is 4.39 Å². The Bertz CT molecular complexity index is 797. The second kappa shape index (κ2) is 5.33. The fraction of sp³-hybridized carbons (Fsp3) is 0.0625. The molecule has 2 aromatic carbocycles. The van der Waals surface area contributed by atoms with Crippen LogP contribution in [0.5, 0.6) is 0 Å². The van der Waals surface area contributed by atoms with Crippen LogP contribution in [-0.4, -0.2) is 9.78 Å². The van der Waals surface area contributed by atoms with Crippen molar-refractivity contribution >= 4 is 21.7 Å². The van der Waals surface area contributed by atoms with Gasteiger partial charge in [-0.3, -0.25) is 4.68 Å². The average Bonchev–Trinajstić information content (AvgIpc) is 2.75. The van der Waals surface area contributed by atoms with Crippen molar-refractivity contribution in [1.29, 1.82) is 0 Å². The summed E-state index contributed by atoms with van der Waals surface area (Å²) in [4.78, 5) is 0. The molecule has 3 rings (SSSR count). The van der Waals surface area contributed by atoms with E-state index in [2.05, 4.69) is 21.0 Å². The fourth-order valence-corrected chi connectivity index (χ4v) is 2.84. The summed E-state index contributed by atoms with van der Waals surface area (Å²) >= 11 is 3.39. The van der Waals surface area contributed by atoms with Gasteiger partial charge >= 0.3 is 0 Å². The molecule has 0 spiro atoms. The molecule has 0 fully saturated rings. The molecule has 0 radical (unpaired) electrons. The highest BCUT2D eigenvalue weighted by Gasteiger charge is 2.19. The van der Waals surface area contributed by atoms with Crippen molar-refractivity contribution in [2.24, 2.45) is 7.05 Å². The molecule has 21 heavy (non-hydrogen) atoms. The molecule has 1 heterocycles. The Balaban J connectivity index is 2.27. The number of nitrogens with two attached hydrogens (primary N) is 1. The summed E-state index contributed by atoms with van der Waals surface area (Å²) in [5.41, 5.74) is 9.53. The molecule has 1 aromatic heterocycles. The van der Waals surface area contributed by atoms with Gasteiger partial charge in [0.05, 0.1) is 5.56 Å². The molecule has 0 aliphatic heterocycles.